The first kappa shape index (κ1) is 19.2. The Bertz CT molecular complexity index is 769. The molecule has 2 aromatic heterocycles. The molecule has 140 valence electrons. The molecule has 1 fully saturated rings. The zero-order valence-corrected chi connectivity index (χ0v) is 17.0. The fraction of sp³-hybridized carbons (Fsp3) is 0.526. The Morgan fingerprint density at radius 2 is 2.04 bits per heavy atom. The SMILES string of the molecule is Cc1nc(SC(C)C(=O)Nc2ccc(Cl)cn2)n(C2CCCCC2)c1C. The first-order valence-electron chi connectivity index (χ1n) is 9.10. The van der Waals surface area contributed by atoms with Gasteiger partial charge in [-0.1, -0.05) is 42.6 Å². The molecule has 0 aliphatic heterocycles. The number of pyridine rings is 1. The third kappa shape index (κ3) is 4.41. The van der Waals surface area contributed by atoms with Crippen molar-refractivity contribution in [2.45, 2.75) is 69.3 Å². The maximum absolute atomic E-state index is 12.5. The molecular formula is C19H25ClN4OS. The zero-order valence-electron chi connectivity index (χ0n) is 15.5. The number of hydrogen-bond acceptors (Lipinski definition) is 4. The molecule has 3 rings (SSSR count). The van der Waals surface area contributed by atoms with Crippen molar-refractivity contribution in [1.82, 2.24) is 14.5 Å². The van der Waals surface area contributed by atoms with E-state index in [4.69, 9.17) is 16.6 Å². The number of carbonyl (C=O) groups excluding carboxylic acids is 1. The Morgan fingerprint density at radius 1 is 1.31 bits per heavy atom. The van der Waals surface area contributed by atoms with E-state index < -0.39 is 0 Å². The Morgan fingerprint density at radius 3 is 2.69 bits per heavy atom. The van der Waals surface area contributed by atoms with Crippen LogP contribution >= 0.6 is 23.4 Å². The quantitative estimate of drug-likeness (QED) is 0.713. The average Bonchev–Trinajstić information content (AvgIpc) is 2.91. The van der Waals surface area contributed by atoms with Crippen molar-refractivity contribution in [2.24, 2.45) is 0 Å². The monoisotopic (exact) mass is 392 g/mol. The number of nitrogens with zero attached hydrogens (tertiary/aromatic N) is 3. The minimum atomic E-state index is -0.268. The van der Waals surface area contributed by atoms with Crippen molar-refractivity contribution >= 4 is 35.1 Å². The van der Waals surface area contributed by atoms with Gasteiger partial charge in [-0.2, -0.15) is 0 Å². The van der Waals surface area contributed by atoms with E-state index in [0.29, 0.717) is 16.9 Å². The van der Waals surface area contributed by atoms with Crippen LogP contribution in [0, 0.1) is 13.8 Å². The molecule has 1 saturated carbocycles. The van der Waals surface area contributed by atoms with Crippen LogP contribution in [0.5, 0.6) is 0 Å². The number of rotatable bonds is 5. The second kappa shape index (κ2) is 8.44. The van der Waals surface area contributed by atoms with Gasteiger partial charge >= 0.3 is 0 Å². The van der Waals surface area contributed by atoms with Gasteiger partial charge in [-0.15, -0.1) is 0 Å². The van der Waals surface area contributed by atoms with Gasteiger partial charge in [0.25, 0.3) is 0 Å². The summed E-state index contributed by atoms with van der Waals surface area (Å²) in [6.45, 7) is 6.07. The van der Waals surface area contributed by atoms with Crippen molar-refractivity contribution in [3.8, 4) is 0 Å². The van der Waals surface area contributed by atoms with Crippen molar-refractivity contribution in [3.63, 3.8) is 0 Å². The number of amides is 1. The van der Waals surface area contributed by atoms with E-state index in [9.17, 15) is 4.79 Å². The summed E-state index contributed by atoms with van der Waals surface area (Å²) < 4.78 is 2.35. The Hall–Kier alpha value is -1.53. The lowest BCUT2D eigenvalue weighted by Gasteiger charge is -2.26. The molecule has 0 radical (unpaired) electrons. The fourth-order valence-electron chi connectivity index (χ4n) is 3.34. The van der Waals surface area contributed by atoms with Gasteiger partial charge in [0.05, 0.1) is 16.0 Å². The van der Waals surface area contributed by atoms with Gasteiger partial charge in [-0.3, -0.25) is 4.79 Å². The van der Waals surface area contributed by atoms with Gasteiger partial charge in [-0.05, 0) is 45.7 Å². The number of anilines is 1. The van der Waals surface area contributed by atoms with Crippen molar-refractivity contribution < 1.29 is 4.79 Å². The number of hydrogen-bond donors (Lipinski definition) is 1. The minimum absolute atomic E-state index is 0.0849. The fourth-order valence-corrected chi connectivity index (χ4v) is 4.52. The summed E-state index contributed by atoms with van der Waals surface area (Å²) in [6.07, 6.45) is 7.77. The predicted molar refractivity (Wildman–Crippen MR) is 107 cm³/mol. The van der Waals surface area contributed by atoms with Gasteiger partial charge in [-0.25, -0.2) is 9.97 Å². The van der Waals surface area contributed by atoms with Gasteiger partial charge in [0.2, 0.25) is 5.91 Å². The lowest BCUT2D eigenvalue weighted by Crippen LogP contribution is -2.24. The molecule has 1 atom stereocenters. The van der Waals surface area contributed by atoms with Gasteiger partial charge < -0.3 is 9.88 Å². The Balaban J connectivity index is 1.72. The molecule has 7 heteroatoms. The highest BCUT2D eigenvalue weighted by Crippen LogP contribution is 2.35. The lowest BCUT2D eigenvalue weighted by molar-refractivity contribution is -0.115. The summed E-state index contributed by atoms with van der Waals surface area (Å²) in [6, 6.07) is 3.92. The summed E-state index contributed by atoms with van der Waals surface area (Å²) in [5.74, 6) is 0.424. The maximum Gasteiger partial charge on any atom is 0.238 e. The van der Waals surface area contributed by atoms with Crippen LogP contribution in [0.3, 0.4) is 0 Å². The highest BCUT2D eigenvalue weighted by Gasteiger charge is 2.25. The van der Waals surface area contributed by atoms with Crippen LogP contribution in [0.15, 0.2) is 23.5 Å². The number of imidazole rings is 1. The number of nitrogens with one attached hydrogen (secondary N) is 1. The van der Waals surface area contributed by atoms with E-state index in [1.807, 2.05) is 13.8 Å². The standard InChI is InChI=1S/C19H25ClN4OS/c1-12-13(2)24(16-7-5-4-6-8-16)19(22-12)26-14(3)18(25)23-17-10-9-15(20)11-21-17/h9-11,14,16H,4-8H2,1-3H3,(H,21,23,25). The van der Waals surface area contributed by atoms with Gasteiger partial charge in [0.15, 0.2) is 5.16 Å². The van der Waals surface area contributed by atoms with Crippen LogP contribution in [0.4, 0.5) is 5.82 Å². The molecule has 1 aliphatic rings. The second-order valence-electron chi connectivity index (χ2n) is 6.84. The maximum atomic E-state index is 12.5. The minimum Gasteiger partial charge on any atom is -0.320 e. The summed E-state index contributed by atoms with van der Waals surface area (Å²) in [5, 5.41) is 4.07. The van der Waals surface area contributed by atoms with E-state index in [1.165, 1.54) is 55.8 Å². The van der Waals surface area contributed by atoms with E-state index >= 15 is 0 Å². The molecule has 0 aromatic carbocycles. The van der Waals surface area contributed by atoms with Gasteiger partial charge in [0, 0.05) is 17.9 Å². The van der Waals surface area contributed by atoms with Crippen LogP contribution < -0.4 is 5.32 Å². The van der Waals surface area contributed by atoms with E-state index in [2.05, 4.69) is 21.8 Å². The van der Waals surface area contributed by atoms with Crippen LogP contribution in [0.2, 0.25) is 5.02 Å². The molecule has 1 N–H and O–H groups in total. The number of aromatic nitrogens is 3. The average molecular weight is 393 g/mol. The molecule has 26 heavy (non-hydrogen) atoms. The molecule has 1 aliphatic carbocycles. The molecular weight excluding hydrogens is 368 g/mol. The third-order valence-corrected chi connectivity index (χ3v) is 6.21. The highest BCUT2D eigenvalue weighted by atomic mass is 35.5. The smallest absolute Gasteiger partial charge is 0.238 e. The number of thioether (sulfide) groups is 1. The number of aryl methyl sites for hydroxylation is 1. The normalized spacial score (nSPS) is 16.5. The molecule has 0 bridgehead atoms. The largest absolute Gasteiger partial charge is 0.320 e. The van der Waals surface area contributed by atoms with Crippen molar-refractivity contribution in [2.75, 3.05) is 5.32 Å². The Kier molecular flexibility index (Phi) is 6.24. The zero-order chi connectivity index (χ0) is 18.7. The van der Waals surface area contributed by atoms with Gasteiger partial charge in [0.1, 0.15) is 5.82 Å². The number of carbonyl (C=O) groups is 1. The topological polar surface area (TPSA) is 59.8 Å². The molecule has 5 nitrogen and oxygen atoms in total. The van der Waals surface area contributed by atoms with Crippen LogP contribution in [0.25, 0.3) is 0 Å². The van der Waals surface area contributed by atoms with Crippen LogP contribution in [-0.2, 0) is 4.79 Å². The third-order valence-electron chi connectivity index (χ3n) is 4.92. The second-order valence-corrected chi connectivity index (χ2v) is 8.58. The van der Waals surface area contributed by atoms with Crippen molar-refractivity contribution in [3.05, 3.63) is 34.7 Å². The van der Waals surface area contributed by atoms with Crippen molar-refractivity contribution in [1.29, 1.82) is 0 Å². The molecule has 1 amide bonds. The van der Waals surface area contributed by atoms with Crippen LogP contribution in [0.1, 0.15) is 56.5 Å². The molecule has 1 unspecified atom stereocenters. The summed E-state index contributed by atoms with van der Waals surface area (Å²) in [5.41, 5.74) is 2.26. The molecule has 2 aromatic rings. The first-order chi connectivity index (χ1) is 12.5. The highest BCUT2D eigenvalue weighted by molar-refractivity contribution is 8.00. The van der Waals surface area contributed by atoms with Crippen LogP contribution in [-0.4, -0.2) is 25.7 Å². The Labute approximate surface area is 163 Å². The molecule has 2 heterocycles. The first-order valence-corrected chi connectivity index (χ1v) is 10.4. The lowest BCUT2D eigenvalue weighted by atomic mass is 9.95. The number of halogens is 1. The molecule has 0 saturated heterocycles. The predicted octanol–water partition coefficient (Wildman–Crippen LogP) is 5.17. The van der Waals surface area contributed by atoms with E-state index in [0.717, 1.165) is 10.9 Å². The summed E-state index contributed by atoms with van der Waals surface area (Å²) in [4.78, 5) is 21.4. The summed E-state index contributed by atoms with van der Waals surface area (Å²) >= 11 is 7.35. The summed E-state index contributed by atoms with van der Waals surface area (Å²) in [7, 11) is 0. The van der Waals surface area contributed by atoms with E-state index in [1.54, 1.807) is 12.1 Å². The van der Waals surface area contributed by atoms with E-state index in [-0.39, 0.29) is 11.2 Å². The molecule has 0 spiro atoms.